The molecule has 1 atom stereocenters. The third kappa shape index (κ3) is 4.10. The molecule has 0 aromatic carbocycles. The van der Waals surface area contributed by atoms with Crippen LogP contribution < -0.4 is 5.32 Å². The van der Waals surface area contributed by atoms with E-state index in [4.69, 9.17) is 5.11 Å². The monoisotopic (exact) mass is 257 g/mol. The summed E-state index contributed by atoms with van der Waals surface area (Å²) in [6.07, 6.45) is -9.46. The Morgan fingerprint density at radius 3 is 2.29 bits per heavy atom. The van der Waals surface area contributed by atoms with E-state index >= 15 is 0 Å². The Hall–Kier alpha value is -1.51. The van der Waals surface area contributed by atoms with E-state index in [0.29, 0.717) is 6.07 Å². The van der Waals surface area contributed by atoms with E-state index in [2.05, 4.69) is 15.5 Å². The number of nitrogens with one attached hydrogen (secondary N) is 1. The van der Waals surface area contributed by atoms with Crippen LogP contribution in [0.25, 0.3) is 0 Å². The maximum absolute atomic E-state index is 12.1. The van der Waals surface area contributed by atoms with Crippen LogP contribution in [0.4, 0.5) is 27.8 Å². The second-order valence-corrected chi connectivity index (χ2v) is 3.08. The van der Waals surface area contributed by atoms with Crippen LogP contribution in [0.1, 0.15) is 5.69 Å². The topological polar surface area (TPSA) is 58.0 Å². The molecule has 0 aliphatic rings. The maximum Gasteiger partial charge on any atom is 0.435 e. The number of hydrogen-bond donors (Lipinski definition) is 2. The quantitative estimate of drug-likeness (QED) is 0.803. The molecule has 0 radical (unpaired) electrons. The summed E-state index contributed by atoms with van der Waals surface area (Å²) in [5.41, 5.74) is -1.18. The lowest BCUT2D eigenvalue weighted by atomic mass is 10.3. The first-order valence-electron chi connectivity index (χ1n) is 4.41. The van der Waals surface area contributed by atoms with Crippen molar-refractivity contribution in [3.63, 3.8) is 0 Å². The molecule has 0 aliphatic carbocycles. The largest absolute Gasteiger partial charge is 0.435 e. The fraction of sp³-hybridized carbons (Fsp3) is 0.500. The highest BCUT2D eigenvalue weighted by Crippen LogP contribution is 2.26. The average molecular weight is 257 g/mol. The zero-order valence-electron chi connectivity index (χ0n) is 8.25. The summed E-state index contributed by atoms with van der Waals surface area (Å²) in [6, 6.07) is 1.60. The van der Waals surface area contributed by atoms with Gasteiger partial charge in [-0.15, -0.1) is 10.2 Å². The van der Waals surface area contributed by atoms with Crippen LogP contribution in [0.3, 0.4) is 0 Å². The van der Waals surface area contributed by atoms with Crippen molar-refractivity contribution in [2.24, 2.45) is 0 Å². The standard InChI is InChI=1S/C8H8F5N3O/c9-7(10)4(17)3-14-6-2-1-5(15-16-6)8(11,12)13/h1-2,4,7,17H,3H2,(H,14,16). The molecule has 4 nitrogen and oxygen atoms in total. The predicted octanol–water partition coefficient (Wildman–Crippen LogP) is 1.53. The number of aromatic nitrogens is 2. The maximum atomic E-state index is 12.1. The number of rotatable bonds is 4. The molecule has 0 saturated heterocycles. The first kappa shape index (κ1) is 13.6. The van der Waals surface area contributed by atoms with Gasteiger partial charge in [0.05, 0.1) is 0 Å². The van der Waals surface area contributed by atoms with Crippen molar-refractivity contribution in [1.29, 1.82) is 0 Å². The van der Waals surface area contributed by atoms with Gasteiger partial charge in [-0.05, 0) is 12.1 Å². The normalized spacial score (nSPS) is 13.8. The van der Waals surface area contributed by atoms with E-state index in [-0.39, 0.29) is 5.82 Å². The first-order chi connectivity index (χ1) is 7.80. The van der Waals surface area contributed by atoms with E-state index in [1.807, 2.05) is 0 Å². The van der Waals surface area contributed by atoms with Crippen molar-refractivity contribution in [3.05, 3.63) is 17.8 Å². The summed E-state index contributed by atoms with van der Waals surface area (Å²) in [5, 5.41) is 17.0. The van der Waals surface area contributed by atoms with Crippen LogP contribution in [0.5, 0.6) is 0 Å². The highest BCUT2D eigenvalue weighted by atomic mass is 19.4. The van der Waals surface area contributed by atoms with Crippen LogP contribution in [0.2, 0.25) is 0 Å². The molecule has 1 heterocycles. The van der Waals surface area contributed by atoms with Crippen molar-refractivity contribution in [3.8, 4) is 0 Å². The van der Waals surface area contributed by atoms with Crippen molar-refractivity contribution in [2.45, 2.75) is 18.7 Å². The van der Waals surface area contributed by atoms with Crippen LogP contribution in [0.15, 0.2) is 12.1 Å². The fourth-order valence-electron chi connectivity index (χ4n) is 0.876. The lowest BCUT2D eigenvalue weighted by Gasteiger charge is -2.11. The van der Waals surface area contributed by atoms with E-state index in [1.54, 1.807) is 0 Å². The third-order valence-corrected chi connectivity index (χ3v) is 1.74. The van der Waals surface area contributed by atoms with Gasteiger partial charge in [0.15, 0.2) is 5.69 Å². The third-order valence-electron chi connectivity index (χ3n) is 1.74. The minimum atomic E-state index is -4.60. The lowest BCUT2D eigenvalue weighted by Crippen LogP contribution is -2.27. The van der Waals surface area contributed by atoms with Crippen LogP contribution in [-0.2, 0) is 6.18 Å². The van der Waals surface area contributed by atoms with Gasteiger partial charge in [-0.2, -0.15) is 13.2 Å². The predicted molar refractivity (Wildman–Crippen MR) is 47.5 cm³/mol. The highest BCUT2D eigenvalue weighted by Gasteiger charge is 2.32. The Bertz CT molecular complexity index is 353. The van der Waals surface area contributed by atoms with Gasteiger partial charge in [-0.3, -0.25) is 0 Å². The molecule has 1 aromatic heterocycles. The van der Waals surface area contributed by atoms with Crippen LogP contribution in [0, 0.1) is 0 Å². The summed E-state index contributed by atoms with van der Waals surface area (Å²) in [4.78, 5) is 0. The molecule has 17 heavy (non-hydrogen) atoms. The molecule has 1 rings (SSSR count). The molecule has 0 aliphatic heterocycles. The summed E-state index contributed by atoms with van der Waals surface area (Å²) in [6.45, 7) is -0.530. The Kier molecular flexibility index (Phi) is 4.16. The molecule has 0 fully saturated rings. The minimum Gasteiger partial charge on any atom is -0.385 e. The molecule has 0 amide bonds. The number of anilines is 1. The van der Waals surface area contributed by atoms with E-state index < -0.39 is 30.9 Å². The summed E-state index contributed by atoms with van der Waals surface area (Å²) in [7, 11) is 0. The van der Waals surface area contributed by atoms with Gasteiger partial charge in [-0.1, -0.05) is 0 Å². The van der Waals surface area contributed by atoms with Gasteiger partial charge in [0, 0.05) is 6.54 Å². The smallest absolute Gasteiger partial charge is 0.385 e. The molecule has 9 heteroatoms. The van der Waals surface area contributed by atoms with Gasteiger partial charge in [0.2, 0.25) is 0 Å². The zero-order valence-corrected chi connectivity index (χ0v) is 8.25. The van der Waals surface area contributed by atoms with Crippen LogP contribution >= 0.6 is 0 Å². The zero-order chi connectivity index (χ0) is 13.1. The minimum absolute atomic E-state index is 0.127. The molecule has 96 valence electrons. The molecule has 0 saturated carbocycles. The van der Waals surface area contributed by atoms with Crippen molar-refractivity contribution in [2.75, 3.05) is 11.9 Å². The van der Waals surface area contributed by atoms with Gasteiger partial charge >= 0.3 is 6.18 Å². The molecular weight excluding hydrogens is 249 g/mol. The second kappa shape index (κ2) is 5.21. The number of hydrogen-bond acceptors (Lipinski definition) is 4. The number of nitrogens with zero attached hydrogens (tertiary/aromatic N) is 2. The van der Waals surface area contributed by atoms with Crippen molar-refractivity contribution < 1.29 is 27.1 Å². The second-order valence-electron chi connectivity index (χ2n) is 3.08. The molecule has 0 bridgehead atoms. The van der Waals surface area contributed by atoms with Gasteiger partial charge in [0.25, 0.3) is 6.43 Å². The molecule has 2 N–H and O–H groups in total. The summed E-state index contributed by atoms with van der Waals surface area (Å²) < 4.78 is 60.0. The van der Waals surface area contributed by atoms with Crippen LogP contribution in [-0.4, -0.2) is 34.4 Å². The Morgan fingerprint density at radius 1 is 1.24 bits per heavy atom. The van der Waals surface area contributed by atoms with E-state index in [1.165, 1.54) is 0 Å². The van der Waals surface area contributed by atoms with E-state index in [0.717, 1.165) is 6.07 Å². The summed E-state index contributed by atoms with van der Waals surface area (Å²) in [5.74, 6) is -0.127. The fourth-order valence-corrected chi connectivity index (χ4v) is 0.876. The Balaban J connectivity index is 2.57. The number of halogens is 5. The van der Waals surface area contributed by atoms with Gasteiger partial charge in [-0.25, -0.2) is 8.78 Å². The van der Waals surface area contributed by atoms with Gasteiger partial charge < -0.3 is 10.4 Å². The number of aliphatic hydroxyl groups excluding tert-OH is 1. The average Bonchev–Trinajstić information content (AvgIpc) is 2.25. The SMILES string of the molecule is OC(CNc1ccc(C(F)(F)F)nn1)C(F)F. The Morgan fingerprint density at radius 2 is 1.88 bits per heavy atom. The molecule has 1 aromatic rings. The van der Waals surface area contributed by atoms with Crippen molar-refractivity contribution in [1.82, 2.24) is 10.2 Å². The summed E-state index contributed by atoms with van der Waals surface area (Å²) >= 11 is 0. The molecule has 1 unspecified atom stereocenters. The Labute approximate surface area is 92.5 Å². The first-order valence-corrected chi connectivity index (χ1v) is 4.41. The lowest BCUT2D eigenvalue weighted by molar-refractivity contribution is -0.141. The van der Waals surface area contributed by atoms with Crippen molar-refractivity contribution >= 4 is 5.82 Å². The molecular formula is C8H8F5N3O. The number of aliphatic hydroxyl groups is 1. The molecule has 0 spiro atoms. The van der Waals surface area contributed by atoms with E-state index in [9.17, 15) is 22.0 Å². The number of alkyl halides is 5. The van der Waals surface area contributed by atoms with Gasteiger partial charge in [0.1, 0.15) is 11.9 Å². The highest BCUT2D eigenvalue weighted by molar-refractivity contribution is 5.33.